The number of carbonyl (C=O) groups excluding carboxylic acids is 2. The van der Waals surface area contributed by atoms with Crippen LogP contribution >= 0.6 is 0 Å². The van der Waals surface area contributed by atoms with Gasteiger partial charge in [0.2, 0.25) is 0 Å². The van der Waals surface area contributed by atoms with E-state index in [1.54, 1.807) is 6.08 Å². The summed E-state index contributed by atoms with van der Waals surface area (Å²) >= 11 is 0. The lowest BCUT2D eigenvalue weighted by molar-refractivity contribution is -0.180. The fraction of sp³-hybridized carbons (Fsp3) is 0.560. The number of carbonyl (C=O) groups is 3. The van der Waals surface area contributed by atoms with Crippen molar-refractivity contribution in [2.75, 3.05) is 20.3 Å². The van der Waals surface area contributed by atoms with Crippen LogP contribution in [0.15, 0.2) is 47.5 Å². The van der Waals surface area contributed by atoms with E-state index in [4.69, 9.17) is 24.1 Å². The Kier molecular flexibility index (Phi) is 10.4. The van der Waals surface area contributed by atoms with Crippen LogP contribution in [-0.2, 0) is 33.3 Å². The van der Waals surface area contributed by atoms with Crippen molar-refractivity contribution in [3.8, 4) is 0 Å². The highest BCUT2D eigenvalue weighted by atomic mass is 16.6. The van der Waals surface area contributed by atoms with Crippen molar-refractivity contribution in [1.29, 1.82) is 0 Å². The van der Waals surface area contributed by atoms with Gasteiger partial charge in [-0.3, -0.25) is 14.4 Å². The second-order valence-electron chi connectivity index (χ2n) is 9.26. The lowest BCUT2D eigenvalue weighted by atomic mass is 9.81. The lowest BCUT2D eigenvalue weighted by Gasteiger charge is -2.41. The minimum absolute atomic E-state index is 0.232. The number of allylic oxidation sites excluding steroid dienone is 1. The Morgan fingerprint density at radius 3 is 2.49 bits per heavy atom. The zero-order valence-electron chi connectivity index (χ0n) is 20.9. The summed E-state index contributed by atoms with van der Waals surface area (Å²) in [6, 6.07) is 0. The summed E-state index contributed by atoms with van der Waals surface area (Å²) in [4.78, 5) is 35.4. The third-order valence-electron chi connectivity index (χ3n) is 6.46. The van der Waals surface area contributed by atoms with E-state index in [-0.39, 0.29) is 12.2 Å². The Morgan fingerprint density at radius 1 is 1.15 bits per heavy atom. The van der Waals surface area contributed by atoms with Crippen molar-refractivity contribution in [2.45, 2.75) is 61.7 Å². The molecule has 0 saturated carbocycles. The SMILES string of the molecule is COC(COC(=O)CC(=O)O)[C@@H](O)C(O)C(O)COC1C(=O)C2C(O)=CC(O)=CC2OC1C1=CCC(O)C=C1. The molecule has 3 aliphatic rings. The predicted octanol–water partition coefficient (Wildman–Crippen LogP) is -1.42. The van der Waals surface area contributed by atoms with E-state index in [2.05, 4.69) is 0 Å². The Hall–Kier alpha value is -3.11. The summed E-state index contributed by atoms with van der Waals surface area (Å²) < 4.78 is 21.3. The zero-order chi connectivity index (χ0) is 28.9. The van der Waals surface area contributed by atoms with E-state index >= 15 is 0 Å². The number of ketones is 1. The fourth-order valence-electron chi connectivity index (χ4n) is 4.38. The number of aliphatic carboxylic acids is 1. The van der Waals surface area contributed by atoms with Gasteiger partial charge in [0.1, 0.15) is 67.1 Å². The van der Waals surface area contributed by atoms with Crippen molar-refractivity contribution < 1.29 is 69.1 Å². The second-order valence-corrected chi connectivity index (χ2v) is 9.26. The third kappa shape index (κ3) is 7.51. The molecule has 9 atom stereocenters. The summed E-state index contributed by atoms with van der Waals surface area (Å²) in [5, 5.41) is 69.9. The van der Waals surface area contributed by atoms with Crippen LogP contribution in [0.4, 0.5) is 0 Å². The van der Waals surface area contributed by atoms with Gasteiger partial charge in [0, 0.05) is 13.2 Å². The summed E-state index contributed by atoms with van der Waals surface area (Å²) in [6.07, 6.45) is -4.83. The molecule has 7 N–H and O–H groups in total. The van der Waals surface area contributed by atoms with Crippen molar-refractivity contribution in [3.05, 3.63) is 47.5 Å². The third-order valence-corrected chi connectivity index (χ3v) is 6.46. The molecular weight excluding hydrogens is 524 g/mol. The summed E-state index contributed by atoms with van der Waals surface area (Å²) in [7, 11) is 1.13. The first-order valence-corrected chi connectivity index (χ1v) is 12.1. The van der Waals surface area contributed by atoms with Gasteiger partial charge in [-0.25, -0.2) is 0 Å². The molecule has 14 nitrogen and oxygen atoms in total. The van der Waals surface area contributed by atoms with Crippen LogP contribution < -0.4 is 0 Å². The average Bonchev–Trinajstić information content (AvgIpc) is 2.87. The predicted molar refractivity (Wildman–Crippen MR) is 128 cm³/mol. The molecule has 2 aliphatic carbocycles. The molecule has 1 aliphatic heterocycles. The topological polar surface area (TPSA) is 230 Å². The quantitative estimate of drug-likeness (QED) is 0.108. The number of carboxylic acids is 1. The Morgan fingerprint density at radius 2 is 1.87 bits per heavy atom. The monoisotopic (exact) mass is 556 g/mol. The Labute approximate surface area is 222 Å². The van der Waals surface area contributed by atoms with Gasteiger partial charge in [-0.1, -0.05) is 18.2 Å². The number of methoxy groups -OCH3 is 1. The van der Waals surface area contributed by atoms with Gasteiger partial charge in [0.25, 0.3) is 0 Å². The first kappa shape index (κ1) is 30.4. The molecule has 0 spiro atoms. The summed E-state index contributed by atoms with van der Waals surface area (Å²) in [5.74, 6) is -5.09. The normalized spacial score (nSPS) is 29.7. The number of carboxylic acid groups (broad SMARTS) is 1. The van der Waals surface area contributed by atoms with Gasteiger partial charge >= 0.3 is 11.9 Å². The van der Waals surface area contributed by atoms with E-state index in [0.717, 1.165) is 13.2 Å². The highest BCUT2D eigenvalue weighted by Gasteiger charge is 2.49. The number of rotatable bonds is 12. The number of aliphatic hydroxyl groups is 6. The molecule has 39 heavy (non-hydrogen) atoms. The molecule has 0 aromatic heterocycles. The van der Waals surface area contributed by atoms with Crippen LogP contribution in [0, 0.1) is 5.92 Å². The van der Waals surface area contributed by atoms with Crippen LogP contribution in [0.5, 0.6) is 0 Å². The van der Waals surface area contributed by atoms with Crippen molar-refractivity contribution in [3.63, 3.8) is 0 Å². The van der Waals surface area contributed by atoms with Crippen molar-refractivity contribution >= 4 is 17.7 Å². The molecule has 0 radical (unpaired) electrons. The van der Waals surface area contributed by atoms with Crippen molar-refractivity contribution in [1.82, 2.24) is 0 Å². The molecule has 14 heteroatoms. The number of hydrogen-bond donors (Lipinski definition) is 7. The first-order valence-electron chi connectivity index (χ1n) is 12.1. The minimum Gasteiger partial charge on any atom is -0.511 e. The van der Waals surface area contributed by atoms with E-state index < -0.39 is 97.9 Å². The standard InChI is InChI=1S/C25H32O14/c1-36-17(10-37-19(32)8-18(30)31)22(34)21(33)15(29)9-38-25-23(35)20-14(28)6-13(27)7-16(20)39-24(25)11-2-4-12(26)5-3-11/h2-4,6-7,12,15-17,20-22,24-29,33-34H,5,8-10H2,1H3,(H,30,31)/t12?,15?,16?,17?,20?,21?,22-,24?,25?/m1/s1. The van der Waals surface area contributed by atoms with E-state index in [1.807, 2.05) is 0 Å². The minimum atomic E-state index is -1.91. The number of esters is 1. The van der Waals surface area contributed by atoms with Crippen molar-refractivity contribution in [2.24, 2.45) is 5.92 Å². The molecule has 0 bridgehead atoms. The van der Waals surface area contributed by atoms with Gasteiger partial charge in [-0.15, -0.1) is 0 Å². The van der Waals surface area contributed by atoms with Gasteiger partial charge in [-0.2, -0.15) is 0 Å². The number of hydrogen-bond acceptors (Lipinski definition) is 13. The maximum Gasteiger partial charge on any atom is 0.317 e. The highest BCUT2D eigenvalue weighted by molar-refractivity contribution is 5.91. The summed E-state index contributed by atoms with van der Waals surface area (Å²) in [5.41, 5.74) is 0.469. The fourth-order valence-corrected chi connectivity index (χ4v) is 4.38. The van der Waals surface area contributed by atoms with Crippen LogP contribution in [0.2, 0.25) is 0 Å². The van der Waals surface area contributed by atoms with Crippen LogP contribution in [0.1, 0.15) is 12.8 Å². The smallest absolute Gasteiger partial charge is 0.317 e. The molecule has 216 valence electrons. The maximum atomic E-state index is 13.4. The number of fused-ring (bicyclic) bond motifs is 1. The van der Waals surface area contributed by atoms with E-state index in [1.165, 1.54) is 18.2 Å². The Bertz CT molecular complexity index is 1050. The molecule has 1 fully saturated rings. The highest BCUT2D eigenvalue weighted by Crippen LogP contribution is 2.36. The largest absolute Gasteiger partial charge is 0.511 e. The van der Waals surface area contributed by atoms with Gasteiger partial charge in [0.15, 0.2) is 5.78 Å². The number of ether oxygens (including phenoxy) is 4. The maximum absolute atomic E-state index is 13.4. The second kappa shape index (κ2) is 13.3. The molecule has 0 aromatic carbocycles. The molecule has 0 amide bonds. The molecular formula is C25H32O14. The molecule has 8 unspecified atom stereocenters. The molecule has 1 saturated heterocycles. The number of aliphatic hydroxyl groups excluding tert-OH is 6. The van der Waals surface area contributed by atoms with Gasteiger partial charge in [-0.05, 0) is 18.1 Å². The van der Waals surface area contributed by atoms with Crippen LogP contribution in [0.25, 0.3) is 0 Å². The van der Waals surface area contributed by atoms with Crippen LogP contribution in [-0.4, -0.2) is 123 Å². The molecule has 0 aromatic rings. The number of Topliss-reactive ketones (excluding diaryl/α,β-unsaturated/α-hetero) is 1. The van der Waals surface area contributed by atoms with E-state index in [9.17, 15) is 45.0 Å². The van der Waals surface area contributed by atoms with Crippen LogP contribution in [0.3, 0.4) is 0 Å². The van der Waals surface area contributed by atoms with Gasteiger partial charge in [0.05, 0.1) is 18.8 Å². The molecule has 1 heterocycles. The lowest BCUT2D eigenvalue weighted by Crippen LogP contribution is -2.55. The molecule has 3 rings (SSSR count). The zero-order valence-corrected chi connectivity index (χ0v) is 20.9. The van der Waals surface area contributed by atoms with Gasteiger partial charge < -0.3 is 54.7 Å². The Balaban J connectivity index is 1.69. The van der Waals surface area contributed by atoms with E-state index in [0.29, 0.717) is 5.57 Å². The average molecular weight is 557 g/mol. The summed E-state index contributed by atoms with van der Waals surface area (Å²) in [6.45, 7) is -1.31. The first-order chi connectivity index (χ1) is 18.4.